The number of para-hydroxylation sites is 1. The molecule has 0 radical (unpaired) electrons. The summed E-state index contributed by atoms with van der Waals surface area (Å²) in [7, 11) is 0. The summed E-state index contributed by atoms with van der Waals surface area (Å²) in [6, 6.07) is 17.9. The quantitative estimate of drug-likeness (QED) is 0.273. The first kappa shape index (κ1) is 21.1. The fourth-order valence-corrected chi connectivity index (χ4v) is 3.57. The van der Waals surface area contributed by atoms with E-state index in [0.29, 0.717) is 16.9 Å². The van der Waals surface area contributed by atoms with Crippen molar-refractivity contribution < 1.29 is 14.4 Å². The number of rotatable bonds is 5. The summed E-state index contributed by atoms with van der Waals surface area (Å²) in [6.45, 7) is 1.93. The van der Waals surface area contributed by atoms with Gasteiger partial charge in [-0.25, -0.2) is 5.43 Å². The lowest BCUT2D eigenvalue weighted by atomic mass is 10.1. The van der Waals surface area contributed by atoms with Crippen LogP contribution < -0.4 is 15.6 Å². The van der Waals surface area contributed by atoms with Crippen molar-refractivity contribution >= 4 is 47.0 Å². The molecule has 2 N–H and O–H groups in total. The third-order valence-corrected chi connectivity index (χ3v) is 5.20. The van der Waals surface area contributed by atoms with Crippen molar-refractivity contribution in [3.8, 4) is 5.69 Å². The van der Waals surface area contributed by atoms with Crippen molar-refractivity contribution in [2.75, 3.05) is 4.90 Å². The average Bonchev–Trinajstić information content (AvgIpc) is 3.32. The molecule has 32 heavy (non-hydrogen) atoms. The number of hydrogen-bond donors (Lipinski definition) is 2. The van der Waals surface area contributed by atoms with Crippen LogP contribution in [0.3, 0.4) is 0 Å². The Kier molecular flexibility index (Phi) is 5.91. The van der Waals surface area contributed by atoms with Crippen molar-refractivity contribution in [2.24, 2.45) is 11.0 Å². The molecule has 0 unspecified atom stereocenters. The zero-order chi connectivity index (χ0) is 22.7. The molecule has 0 spiro atoms. The van der Waals surface area contributed by atoms with Gasteiger partial charge in [0, 0.05) is 18.6 Å². The third kappa shape index (κ3) is 4.19. The molecule has 3 aromatic rings. The van der Waals surface area contributed by atoms with Gasteiger partial charge in [-0.1, -0.05) is 29.8 Å². The first-order chi connectivity index (χ1) is 15.5. The summed E-state index contributed by atoms with van der Waals surface area (Å²) in [5.41, 5.74) is 5.02. The maximum Gasteiger partial charge on any atom is 0.273 e. The molecule has 3 amide bonds. The Morgan fingerprint density at radius 1 is 1.06 bits per heavy atom. The zero-order valence-corrected chi connectivity index (χ0v) is 17.9. The number of nitrogens with one attached hydrogen (secondary N) is 2. The standard InChI is InChI=1S/C23H19N5O3S/c1-15-8-10-16(11-9-15)28-22(31)18(20(29)25-23(28)32)14-24-26-21(30)17-6-2-3-7-19(17)27-12-4-5-13-27/h2-14,18H,1H3,(H,26,30)(H,25,29,32)/b24-14+/t18-/m1/s1. The lowest BCUT2D eigenvalue weighted by Gasteiger charge is -2.30. The second kappa shape index (κ2) is 8.94. The van der Waals surface area contributed by atoms with E-state index in [1.54, 1.807) is 34.9 Å². The van der Waals surface area contributed by atoms with Crippen LogP contribution in [0.5, 0.6) is 0 Å². The van der Waals surface area contributed by atoms with Gasteiger partial charge in [0.15, 0.2) is 11.0 Å². The van der Waals surface area contributed by atoms with Crippen molar-refractivity contribution in [1.82, 2.24) is 15.3 Å². The summed E-state index contributed by atoms with van der Waals surface area (Å²) in [6.07, 6.45) is 4.75. The Morgan fingerprint density at radius 2 is 1.75 bits per heavy atom. The number of benzene rings is 2. The van der Waals surface area contributed by atoms with Gasteiger partial charge in [0.1, 0.15) is 0 Å². The lowest BCUT2D eigenvalue weighted by Crippen LogP contribution is -2.58. The van der Waals surface area contributed by atoms with E-state index in [-0.39, 0.29) is 5.11 Å². The van der Waals surface area contributed by atoms with E-state index >= 15 is 0 Å². The molecule has 4 rings (SSSR count). The molecular weight excluding hydrogens is 426 g/mol. The molecule has 1 fully saturated rings. The smallest absolute Gasteiger partial charge is 0.273 e. The SMILES string of the molecule is Cc1ccc(N2C(=O)[C@H](/C=N/NC(=O)c3ccccc3-n3cccc3)C(=O)NC2=S)cc1. The molecule has 160 valence electrons. The second-order valence-corrected chi connectivity index (χ2v) is 7.49. The van der Waals surface area contributed by atoms with E-state index in [1.165, 1.54) is 4.90 Å². The molecule has 2 aromatic carbocycles. The predicted octanol–water partition coefficient (Wildman–Crippen LogP) is 2.57. The molecule has 1 aliphatic heterocycles. The highest BCUT2D eigenvalue weighted by atomic mass is 32.1. The summed E-state index contributed by atoms with van der Waals surface area (Å²) in [4.78, 5) is 39.2. The van der Waals surface area contributed by atoms with Crippen LogP contribution in [0.1, 0.15) is 15.9 Å². The van der Waals surface area contributed by atoms with E-state index < -0.39 is 23.6 Å². The van der Waals surface area contributed by atoms with Crippen LogP contribution in [0.4, 0.5) is 5.69 Å². The van der Waals surface area contributed by atoms with E-state index in [9.17, 15) is 14.4 Å². The highest BCUT2D eigenvalue weighted by Crippen LogP contribution is 2.21. The Bertz CT molecular complexity index is 1220. The first-order valence-corrected chi connectivity index (χ1v) is 10.2. The number of aromatic nitrogens is 1. The molecule has 1 aromatic heterocycles. The minimum absolute atomic E-state index is 0.00168. The number of thiocarbonyl (C=S) groups is 1. The van der Waals surface area contributed by atoms with Gasteiger partial charge in [-0.3, -0.25) is 19.3 Å². The average molecular weight is 446 g/mol. The van der Waals surface area contributed by atoms with Crippen molar-refractivity contribution in [3.05, 3.63) is 84.2 Å². The molecule has 9 heteroatoms. The third-order valence-electron chi connectivity index (χ3n) is 4.92. The monoisotopic (exact) mass is 445 g/mol. The van der Waals surface area contributed by atoms with E-state index in [1.807, 2.05) is 49.6 Å². The predicted molar refractivity (Wildman–Crippen MR) is 125 cm³/mol. The number of amides is 3. The van der Waals surface area contributed by atoms with Gasteiger partial charge in [-0.05, 0) is 55.5 Å². The molecule has 0 bridgehead atoms. The van der Waals surface area contributed by atoms with E-state index in [2.05, 4.69) is 15.8 Å². The van der Waals surface area contributed by atoms with E-state index in [0.717, 1.165) is 11.8 Å². The van der Waals surface area contributed by atoms with Crippen LogP contribution in [0, 0.1) is 12.8 Å². The molecule has 0 saturated carbocycles. The Balaban J connectivity index is 1.51. The van der Waals surface area contributed by atoms with Gasteiger partial charge in [0.2, 0.25) is 5.91 Å². The number of hydrogen-bond acceptors (Lipinski definition) is 5. The molecule has 1 saturated heterocycles. The number of anilines is 1. The molecule has 1 aliphatic rings. The largest absolute Gasteiger partial charge is 0.323 e. The van der Waals surface area contributed by atoms with Gasteiger partial charge >= 0.3 is 0 Å². The first-order valence-electron chi connectivity index (χ1n) is 9.77. The van der Waals surface area contributed by atoms with Crippen molar-refractivity contribution in [1.29, 1.82) is 0 Å². The zero-order valence-electron chi connectivity index (χ0n) is 17.1. The van der Waals surface area contributed by atoms with Gasteiger partial charge < -0.3 is 9.88 Å². The normalized spacial score (nSPS) is 16.3. The van der Waals surface area contributed by atoms with Crippen molar-refractivity contribution in [2.45, 2.75) is 6.92 Å². The topological polar surface area (TPSA) is 95.8 Å². The van der Waals surface area contributed by atoms with Gasteiger partial charge in [-0.15, -0.1) is 0 Å². The van der Waals surface area contributed by atoms with Crippen LogP contribution in [-0.2, 0) is 9.59 Å². The van der Waals surface area contributed by atoms with Crippen molar-refractivity contribution in [3.63, 3.8) is 0 Å². The maximum atomic E-state index is 13.0. The minimum Gasteiger partial charge on any atom is -0.323 e. The van der Waals surface area contributed by atoms with Gasteiger partial charge in [-0.2, -0.15) is 5.10 Å². The van der Waals surface area contributed by atoms with E-state index in [4.69, 9.17) is 12.2 Å². The second-order valence-electron chi connectivity index (χ2n) is 7.11. The number of aryl methyl sites for hydroxylation is 1. The Labute approximate surface area is 189 Å². The molecule has 0 aliphatic carbocycles. The summed E-state index contributed by atoms with van der Waals surface area (Å²) >= 11 is 5.18. The number of carbonyl (C=O) groups excluding carboxylic acids is 3. The minimum atomic E-state index is -1.23. The van der Waals surface area contributed by atoms with Crippen LogP contribution in [0.15, 0.2) is 78.2 Å². The summed E-state index contributed by atoms with van der Waals surface area (Å²) in [5.74, 6) is -2.86. The fraction of sp³-hybridized carbons (Fsp3) is 0.0870. The summed E-state index contributed by atoms with van der Waals surface area (Å²) < 4.78 is 1.80. The number of carbonyl (C=O) groups is 3. The van der Waals surface area contributed by atoms with Crippen LogP contribution in [-0.4, -0.2) is 33.6 Å². The Morgan fingerprint density at radius 3 is 2.47 bits per heavy atom. The maximum absolute atomic E-state index is 13.0. The highest BCUT2D eigenvalue weighted by molar-refractivity contribution is 7.80. The molecular formula is C23H19N5O3S. The fourth-order valence-electron chi connectivity index (χ4n) is 3.28. The van der Waals surface area contributed by atoms with Crippen LogP contribution in [0.2, 0.25) is 0 Å². The Hall–Kier alpha value is -4.11. The number of nitrogens with zero attached hydrogens (tertiary/aromatic N) is 3. The molecule has 2 heterocycles. The van der Waals surface area contributed by atoms with Crippen LogP contribution >= 0.6 is 12.2 Å². The summed E-state index contributed by atoms with van der Waals surface area (Å²) in [5, 5.41) is 6.39. The highest BCUT2D eigenvalue weighted by Gasteiger charge is 2.38. The molecule has 8 nitrogen and oxygen atoms in total. The van der Waals surface area contributed by atoms with Gasteiger partial charge in [0.05, 0.1) is 16.9 Å². The van der Waals surface area contributed by atoms with Crippen LogP contribution in [0.25, 0.3) is 5.69 Å². The lowest BCUT2D eigenvalue weighted by molar-refractivity contribution is -0.130. The molecule has 1 atom stereocenters. The number of hydrazone groups is 1. The van der Waals surface area contributed by atoms with Gasteiger partial charge in [0.25, 0.3) is 11.8 Å².